The minimum Gasteiger partial charge on any atom is -0.480 e. The third-order valence-electron chi connectivity index (χ3n) is 7.12. The van der Waals surface area contributed by atoms with E-state index in [0.717, 1.165) is 19.3 Å². The normalized spacial score (nSPS) is 24.7. The molecule has 4 rings (SSSR count). The molecule has 10 nitrogen and oxygen atoms in total. The number of aromatic nitrogens is 1. The molecule has 1 saturated carbocycles. The predicted molar refractivity (Wildman–Crippen MR) is 126 cm³/mol. The Morgan fingerprint density at radius 1 is 1.18 bits per heavy atom. The quantitative estimate of drug-likeness (QED) is 0.451. The van der Waals surface area contributed by atoms with Gasteiger partial charge in [-0.15, -0.1) is 0 Å². The third-order valence-corrected chi connectivity index (χ3v) is 8.61. The molecule has 3 N–H and O–H groups in total. The average Bonchev–Trinajstić information content (AvgIpc) is 3.46. The molecule has 1 aromatic rings. The van der Waals surface area contributed by atoms with Crippen LogP contribution >= 0.6 is 0 Å². The Bertz CT molecular complexity index is 1020. The summed E-state index contributed by atoms with van der Waals surface area (Å²) in [5.74, 6) is 1.82. The van der Waals surface area contributed by atoms with Gasteiger partial charge in [0.15, 0.2) is 0 Å². The number of methoxy groups -OCH3 is 1. The Kier molecular flexibility index (Phi) is 7.72. The van der Waals surface area contributed by atoms with E-state index in [1.807, 2.05) is 0 Å². The van der Waals surface area contributed by atoms with Crippen LogP contribution in [0.2, 0.25) is 0 Å². The minimum atomic E-state index is -3.87. The number of nitrogens with one attached hydrogen (secondary N) is 3. The standard InChI is InChI=1S/C23H33N5O5S/c1-33-22-20(3-2-9-25-22)21(29)24-10-6-16-7-11-28(12-8-16)34(31,32)27-23(30)26-15-19-14-17-4-5-18(19)13-17/h2-5,9,16-19H,6-8,10-15H2,1H3,(H,24,29)(H2,26,27,30)/t17-,18+,19+/m0/s1. The van der Waals surface area contributed by atoms with Gasteiger partial charge in [0.1, 0.15) is 5.56 Å². The van der Waals surface area contributed by atoms with Crippen LogP contribution in [-0.4, -0.2) is 62.9 Å². The van der Waals surface area contributed by atoms with Gasteiger partial charge in [-0.25, -0.2) is 14.5 Å². The van der Waals surface area contributed by atoms with Crippen molar-refractivity contribution in [2.45, 2.75) is 32.1 Å². The molecule has 1 aromatic heterocycles. The summed E-state index contributed by atoms with van der Waals surface area (Å²) in [5, 5.41) is 5.61. The van der Waals surface area contributed by atoms with Crippen molar-refractivity contribution in [2.75, 3.05) is 33.3 Å². The van der Waals surface area contributed by atoms with Crippen molar-refractivity contribution in [3.8, 4) is 5.88 Å². The zero-order chi connectivity index (χ0) is 24.1. The van der Waals surface area contributed by atoms with E-state index in [0.29, 0.717) is 68.3 Å². The minimum absolute atomic E-state index is 0.248. The fraction of sp³-hybridized carbons (Fsp3) is 0.609. The molecule has 3 atom stereocenters. The highest BCUT2D eigenvalue weighted by Gasteiger charge is 2.36. The number of rotatable bonds is 9. The van der Waals surface area contributed by atoms with E-state index in [2.05, 4.69) is 32.5 Å². The second-order valence-corrected chi connectivity index (χ2v) is 11.0. The smallest absolute Gasteiger partial charge is 0.329 e. The van der Waals surface area contributed by atoms with Crippen LogP contribution in [0.4, 0.5) is 4.79 Å². The van der Waals surface area contributed by atoms with Crippen molar-refractivity contribution in [3.05, 3.63) is 36.0 Å². The lowest BCUT2D eigenvalue weighted by Crippen LogP contribution is -2.50. The zero-order valence-corrected chi connectivity index (χ0v) is 20.2. The van der Waals surface area contributed by atoms with Crippen LogP contribution in [0.15, 0.2) is 30.5 Å². The van der Waals surface area contributed by atoms with Crippen LogP contribution in [0.3, 0.4) is 0 Å². The van der Waals surface area contributed by atoms with Crippen LogP contribution < -0.4 is 20.1 Å². The van der Waals surface area contributed by atoms with Gasteiger partial charge >= 0.3 is 16.2 Å². The van der Waals surface area contributed by atoms with Crippen molar-refractivity contribution >= 4 is 22.1 Å². The summed E-state index contributed by atoms with van der Waals surface area (Å²) in [5.41, 5.74) is 0.382. The van der Waals surface area contributed by atoms with E-state index in [9.17, 15) is 18.0 Å². The van der Waals surface area contributed by atoms with Crippen LogP contribution in [0.1, 0.15) is 42.5 Å². The second kappa shape index (κ2) is 10.7. The number of nitrogens with zero attached hydrogens (tertiary/aromatic N) is 2. The molecule has 186 valence electrons. The average molecular weight is 492 g/mol. The van der Waals surface area contributed by atoms with Gasteiger partial charge in [-0.1, -0.05) is 12.2 Å². The van der Waals surface area contributed by atoms with Gasteiger partial charge in [-0.3, -0.25) is 4.79 Å². The Balaban J connectivity index is 1.15. The Morgan fingerprint density at radius 2 is 1.97 bits per heavy atom. The van der Waals surface area contributed by atoms with Gasteiger partial charge in [0.05, 0.1) is 7.11 Å². The van der Waals surface area contributed by atoms with Crippen molar-refractivity contribution in [3.63, 3.8) is 0 Å². The summed E-state index contributed by atoms with van der Waals surface area (Å²) < 4.78 is 33.8. The van der Waals surface area contributed by atoms with Crippen LogP contribution in [0.5, 0.6) is 5.88 Å². The fourth-order valence-corrected chi connectivity index (χ4v) is 6.35. The summed E-state index contributed by atoms with van der Waals surface area (Å²) in [4.78, 5) is 28.6. The Morgan fingerprint density at radius 3 is 2.65 bits per heavy atom. The first-order valence-electron chi connectivity index (χ1n) is 11.9. The largest absolute Gasteiger partial charge is 0.480 e. The van der Waals surface area contributed by atoms with Crippen molar-refractivity contribution in [1.29, 1.82) is 0 Å². The monoisotopic (exact) mass is 491 g/mol. The summed E-state index contributed by atoms with van der Waals surface area (Å²) in [6.45, 7) is 1.66. The Hall–Kier alpha value is -2.66. The SMILES string of the molecule is COc1ncccc1C(=O)NCCC1CCN(S(=O)(=O)NC(=O)NC[C@H]2C[C@H]3C=C[C@@H]2C3)CC1. The molecule has 2 fully saturated rings. The first kappa shape index (κ1) is 24.5. The lowest BCUT2D eigenvalue weighted by molar-refractivity contribution is 0.0946. The maximum Gasteiger partial charge on any atom is 0.329 e. The maximum absolute atomic E-state index is 12.6. The molecule has 34 heavy (non-hydrogen) atoms. The lowest BCUT2D eigenvalue weighted by Gasteiger charge is -2.31. The second-order valence-electron chi connectivity index (χ2n) is 9.30. The van der Waals surface area contributed by atoms with Gasteiger partial charge in [-0.2, -0.15) is 12.7 Å². The van der Waals surface area contributed by atoms with Crippen molar-refractivity contribution < 1.29 is 22.7 Å². The molecular weight excluding hydrogens is 458 g/mol. The first-order valence-corrected chi connectivity index (χ1v) is 13.3. The van der Waals surface area contributed by atoms with Gasteiger partial charge in [0.2, 0.25) is 5.88 Å². The maximum atomic E-state index is 12.6. The molecule has 2 heterocycles. The highest BCUT2D eigenvalue weighted by atomic mass is 32.2. The topological polar surface area (TPSA) is 130 Å². The number of carbonyl (C=O) groups is 2. The van der Waals surface area contributed by atoms with E-state index in [1.54, 1.807) is 18.3 Å². The van der Waals surface area contributed by atoms with Gasteiger partial charge in [0, 0.05) is 32.4 Å². The van der Waals surface area contributed by atoms with Crippen LogP contribution in [0.25, 0.3) is 0 Å². The number of pyridine rings is 1. The molecule has 0 radical (unpaired) electrons. The number of carbonyl (C=O) groups excluding carboxylic acids is 2. The van der Waals surface area contributed by atoms with Gasteiger partial charge in [0.25, 0.3) is 5.91 Å². The number of hydrogen-bond donors (Lipinski definition) is 3. The van der Waals surface area contributed by atoms with E-state index < -0.39 is 16.2 Å². The van der Waals surface area contributed by atoms with Gasteiger partial charge < -0.3 is 15.4 Å². The molecule has 0 unspecified atom stereocenters. The predicted octanol–water partition coefficient (Wildman–Crippen LogP) is 1.68. The number of urea groups is 1. The summed E-state index contributed by atoms with van der Waals surface area (Å²) >= 11 is 0. The van der Waals surface area contributed by atoms with E-state index in [4.69, 9.17) is 4.74 Å². The zero-order valence-electron chi connectivity index (χ0n) is 19.4. The Labute approximate surface area is 200 Å². The molecule has 3 amide bonds. The molecule has 1 aliphatic heterocycles. The molecule has 2 bridgehead atoms. The first-order chi connectivity index (χ1) is 16.4. The fourth-order valence-electron chi connectivity index (χ4n) is 5.22. The molecule has 1 saturated heterocycles. The van der Waals surface area contributed by atoms with E-state index in [-0.39, 0.29) is 11.8 Å². The molecule has 2 aliphatic carbocycles. The number of ether oxygens (including phenoxy) is 1. The highest BCUT2D eigenvalue weighted by Crippen LogP contribution is 2.42. The molecule has 0 aromatic carbocycles. The molecule has 3 aliphatic rings. The number of fused-ring (bicyclic) bond motifs is 2. The summed E-state index contributed by atoms with van der Waals surface area (Å²) in [7, 11) is -2.40. The van der Waals surface area contributed by atoms with E-state index in [1.165, 1.54) is 11.4 Å². The molecule has 0 spiro atoms. The van der Waals surface area contributed by atoms with Gasteiger partial charge in [-0.05, 0) is 67.9 Å². The molecular formula is C23H33N5O5S. The number of amides is 3. The van der Waals surface area contributed by atoms with E-state index >= 15 is 0 Å². The summed E-state index contributed by atoms with van der Waals surface area (Å²) in [6, 6.07) is 2.67. The van der Waals surface area contributed by atoms with Crippen molar-refractivity contribution in [2.24, 2.45) is 23.7 Å². The highest BCUT2D eigenvalue weighted by molar-refractivity contribution is 7.87. The lowest BCUT2D eigenvalue weighted by atomic mass is 9.94. The summed E-state index contributed by atoms with van der Waals surface area (Å²) in [6.07, 6.45) is 10.3. The van der Waals surface area contributed by atoms with Crippen molar-refractivity contribution in [1.82, 2.24) is 24.6 Å². The number of hydrogen-bond acceptors (Lipinski definition) is 6. The number of allylic oxidation sites excluding steroid dienone is 2. The third kappa shape index (κ3) is 5.87. The van der Waals surface area contributed by atoms with Crippen LogP contribution in [-0.2, 0) is 10.2 Å². The number of piperidine rings is 1. The molecule has 11 heteroatoms. The van der Waals surface area contributed by atoms with Crippen LogP contribution in [0, 0.1) is 23.7 Å².